The molecule has 0 amide bonds. The molecule has 0 saturated heterocycles. The lowest BCUT2D eigenvalue weighted by Crippen LogP contribution is -1.96. The molecule has 1 rings (SSSR count). The fraction of sp³-hybridized carbons (Fsp3) is 0.364. The Balaban J connectivity index is 2.89. The minimum atomic E-state index is 0.219. The molecule has 1 aromatic rings. The van der Waals surface area contributed by atoms with Gasteiger partial charge < -0.3 is 0 Å². The van der Waals surface area contributed by atoms with Crippen molar-refractivity contribution in [2.45, 2.75) is 25.2 Å². The summed E-state index contributed by atoms with van der Waals surface area (Å²) in [6.07, 6.45) is 2.61. The number of Topliss-reactive ketones (excluding diaryl/α,β-unsaturated/α-hetero) is 1. The summed E-state index contributed by atoms with van der Waals surface area (Å²) >= 11 is 1.74. The molecule has 0 N–H and O–H groups in total. The first-order valence-corrected chi connectivity index (χ1v) is 5.49. The van der Waals surface area contributed by atoms with Gasteiger partial charge in [0.15, 0.2) is 0 Å². The molecule has 0 fully saturated rings. The molecule has 0 aliphatic heterocycles. The summed E-state index contributed by atoms with van der Waals surface area (Å²) in [5, 5.41) is 0. The maximum absolute atomic E-state index is 10.9. The monoisotopic (exact) mass is 194 g/mol. The van der Waals surface area contributed by atoms with Gasteiger partial charge in [0.1, 0.15) is 5.78 Å². The van der Waals surface area contributed by atoms with E-state index in [1.165, 1.54) is 10.5 Å². The van der Waals surface area contributed by atoms with Gasteiger partial charge in [0.2, 0.25) is 0 Å². The Bertz CT molecular complexity index is 318. The second-order valence-electron chi connectivity index (χ2n) is 3.18. The van der Waals surface area contributed by atoms with Gasteiger partial charge in [-0.25, -0.2) is 0 Å². The highest BCUT2D eigenvalue weighted by atomic mass is 32.2. The van der Waals surface area contributed by atoms with Crippen molar-refractivity contribution < 1.29 is 4.79 Å². The molecule has 1 nitrogen and oxygen atoms in total. The highest BCUT2D eigenvalue weighted by molar-refractivity contribution is 7.98. The van der Waals surface area contributed by atoms with Crippen LogP contribution >= 0.6 is 11.8 Å². The third-order valence-electron chi connectivity index (χ3n) is 1.91. The first kappa shape index (κ1) is 10.3. The minimum absolute atomic E-state index is 0.219. The first-order valence-electron chi connectivity index (χ1n) is 4.26. The van der Waals surface area contributed by atoms with Gasteiger partial charge in [-0.3, -0.25) is 4.79 Å². The fourth-order valence-corrected chi connectivity index (χ4v) is 1.92. The average molecular weight is 194 g/mol. The Kier molecular flexibility index (Phi) is 3.55. The largest absolute Gasteiger partial charge is 0.300 e. The van der Waals surface area contributed by atoms with Crippen LogP contribution in [-0.2, 0) is 11.2 Å². The number of carbonyl (C=O) groups excluding carboxylic acids is 1. The SMILES string of the molecule is CSc1ccc(CC(C)=O)cc1C. The summed E-state index contributed by atoms with van der Waals surface area (Å²) < 4.78 is 0. The summed E-state index contributed by atoms with van der Waals surface area (Å²) in [5.41, 5.74) is 2.37. The standard InChI is InChI=1S/C11H14OS/c1-8-6-10(7-9(2)12)4-5-11(8)13-3/h4-6H,7H2,1-3H3. The molecule has 0 aliphatic rings. The molecular weight excluding hydrogens is 180 g/mol. The van der Waals surface area contributed by atoms with E-state index in [4.69, 9.17) is 0 Å². The highest BCUT2D eigenvalue weighted by Crippen LogP contribution is 2.20. The smallest absolute Gasteiger partial charge is 0.134 e. The van der Waals surface area contributed by atoms with E-state index in [0.717, 1.165) is 5.56 Å². The zero-order chi connectivity index (χ0) is 9.84. The number of carbonyl (C=O) groups is 1. The minimum Gasteiger partial charge on any atom is -0.300 e. The molecule has 0 aliphatic carbocycles. The summed E-state index contributed by atoms with van der Waals surface area (Å²) in [7, 11) is 0. The number of benzene rings is 1. The molecule has 0 atom stereocenters. The molecule has 70 valence electrons. The van der Waals surface area contributed by atoms with Crippen LogP contribution in [0.5, 0.6) is 0 Å². The van der Waals surface area contributed by atoms with Gasteiger partial charge in [-0.2, -0.15) is 0 Å². The summed E-state index contributed by atoms with van der Waals surface area (Å²) in [5.74, 6) is 0.219. The van der Waals surface area contributed by atoms with E-state index in [1.54, 1.807) is 18.7 Å². The molecule has 1 aromatic carbocycles. The van der Waals surface area contributed by atoms with Crippen molar-refractivity contribution in [1.29, 1.82) is 0 Å². The van der Waals surface area contributed by atoms with Crippen molar-refractivity contribution in [3.8, 4) is 0 Å². The lowest BCUT2D eigenvalue weighted by molar-refractivity contribution is -0.116. The number of aryl methyl sites for hydroxylation is 1. The van der Waals surface area contributed by atoms with Crippen LogP contribution in [0.3, 0.4) is 0 Å². The zero-order valence-electron chi connectivity index (χ0n) is 8.26. The van der Waals surface area contributed by atoms with Gasteiger partial charge in [-0.15, -0.1) is 11.8 Å². The molecule has 0 heterocycles. The Morgan fingerprint density at radius 1 is 1.46 bits per heavy atom. The number of hydrogen-bond donors (Lipinski definition) is 0. The molecule has 0 unspecified atom stereocenters. The Morgan fingerprint density at radius 3 is 2.62 bits per heavy atom. The maximum Gasteiger partial charge on any atom is 0.134 e. The Morgan fingerprint density at radius 2 is 2.15 bits per heavy atom. The molecule has 0 bridgehead atoms. The topological polar surface area (TPSA) is 17.1 Å². The summed E-state index contributed by atoms with van der Waals surface area (Å²) in [6, 6.07) is 6.20. The quantitative estimate of drug-likeness (QED) is 0.688. The lowest BCUT2D eigenvalue weighted by Gasteiger charge is -2.04. The predicted octanol–water partition coefficient (Wildman–Crippen LogP) is 2.85. The van der Waals surface area contributed by atoms with Crippen LogP contribution < -0.4 is 0 Å². The highest BCUT2D eigenvalue weighted by Gasteiger charge is 2.00. The summed E-state index contributed by atoms with van der Waals surface area (Å²) in [4.78, 5) is 12.2. The van der Waals surface area contributed by atoms with Crippen LogP contribution in [0.25, 0.3) is 0 Å². The van der Waals surface area contributed by atoms with Crippen LogP contribution in [-0.4, -0.2) is 12.0 Å². The molecule has 0 spiro atoms. The second-order valence-corrected chi connectivity index (χ2v) is 4.03. The predicted molar refractivity (Wildman–Crippen MR) is 57.3 cm³/mol. The van der Waals surface area contributed by atoms with E-state index in [2.05, 4.69) is 25.3 Å². The molecule has 0 radical (unpaired) electrons. The zero-order valence-corrected chi connectivity index (χ0v) is 9.07. The van der Waals surface area contributed by atoms with Crippen LogP contribution in [0.4, 0.5) is 0 Å². The third-order valence-corrected chi connectivity index (χ3v) is 2.81. The third kappa shape index (κ3) is 2.88. The summed E-state index contributed by atoms with van der Waals surface area (Å²) in [6.45, 7) is 3.70. The lowest BCUT2D eigenvalue weighted by atomic mass is 10.1. The maximum atomic E-state index is 10.9. The van der Waals surface area contributed by atoms with Crippen LogP contribution in [0.2, 0.25) is 0 Å². The van der Waals surface area contributed by atoms with Gasteiger partial charge >= 0.3 is 0 Å². The Labute approximate surface area is 83.5 Å². The molecule has 13 heavy (non-hydrogen) atoms. The van der Waals surface area contributed by atoms with E-state index in [9.17, 15) is 4.79 Å². The average Bonchev–Trinajstić information content (AvgIpc) is 2.03. The molecule has 0 aromatic heterocycles. The van der Waals surface area contributed by atoms with Crippen LogP contribution in [0.15, 0.2) is 23.1 Å². The van der Waals surface area contributed by atoms with E-state index in [-0.39, 0.29) is 5.78 Å². The van der Waals surface area contributed by atoms with Crippen LogP contribution in [0, 0.1) is 6.92 Å². The van der Waals surface area contributed by atoms with E-state index in [1.807, 2.05) is 6.07 Å². The van der Waals surface area contributed by atoms with Gasteiger partial charge in [0, 0.05) is 11.3 Å². The second kappa shape index (κ2) is 4.47. The fourth-order valence-electron chi connectivity index (χ4n) is 1.34. The van der Waals surface area contributed by atoms with Crippen molar-refractivity contribution >= 4 is 17.5 Å². The molecular formula is C11H14OS. The Hall–Kier alpha value is -0.760. The van der Waals surface area contributed by atoms with Crippen molar-refractivity contribution in [2.75, 3.05) is 6.26 Å². The number of thioether (sulfide) groups is 1. The van der Waals surface area contributed by atoms with Gasteiger partial charge in [0.05, 0.1) is 0 Å². The van der Waals surface area contributed by atoms with E-state index in [0.29, 0.717) is 6.42 Å². The molecule has 0 saturated carbocycles. The van der Waals surface area contributed by atoms with Crippen molar-refractivity contribution in [2.24, 2.45) is 0 Å². The first-order chi connectivity index (χ1) is 6.13. The van der Waals surface area contributed by atoms with Gasteiger partial charge in [-0.05, 0) is 37.3 Å². The number of rotatable bonds is 3. The van der Waals surface area contributed by atoms with Crippen molar-refractivity contribution in [3.63, 3.8) is 0 Å². The van der Waals surface area contributed by atoms with Gasteiger partial charge in [0.25, 0.3) is 0 Å². The van der Waals surface area contributed by atoms with E-state index < -0.39 is 0 Å². The normalized spacial score (nSPS) is 10.1. The van der Waals surface area contributed by atoms with Crippen molar-refractivity contribution in [3.05, 3.63) is 29.3 Å². The van der Waals surface area contributed by atoms with Crippen LogP contribution in [0.1, 0.15) is 18.1 Å². The van der Waals surface area contributed by atoms with Gasteiger partial charge in [-0.1, -0.05) is 12.1 Å². The number of ketones is 1. The molecule has 2 heteroatoms. The number of hydrogen-bond acceptors (Lipinski definition) is 2. The van der Waals surface area contributed by atoms with Crippen molar-refractivity contribution in [1.82, 2.24) is 0 Å². The van der Waals surface area contributed by atoms with E-state index >= 15 is 0 Å².